The van der Waals surface area contributed by atoms with E-state index in [2.05, 4.69) is 12.2 Å². The summed E-state index contributed by atoms with van der Waals surface area (Å²) in [7, 11) is 0. The number of hydrogen-bond donors (Lipinski definition) is 3. The fourth-order valence-corrected chi connectivity index (χ4v) is 4.75. The average Bonchev–Trinajstić information content (AvgIpc) is 2.76. The van der Waals surface area contributed by atoms with E-state index in [0.717, 1.165) is 19.3 Å². The Bertz CT molecular complexity index is 846. The third-order valence-electron chi connectivity index (χ3n) is 6.89. The Labute approximate surface area is 220 Å². The number of carbonyl (C=O) groups excluding carboxylic acids is 1. The van der Waals surface area contributed by atoms with Crippen LogP contribution in [0.4, 0.5) is 5.69 Å². The average molecular weight is 504 g/mol. The summed E-state index contributed by atoms with van der Waals surface area (Å²) in [4.78, 5) is 25.2. The number of carboxylic acid groups (broad SMARTS) is 1. The van der Waals surface area contributed by atoms with Gasteiger partial charge < -0.3 is 15.5 Å². The van der Waals surface area contributed by atoms with Gasteiger partial charge in [0.2, 0.25) is 0 Å². The van der Waals surface area contributed by atoms with Gasteiger partial charge in [0, 0.05) is 28.8 Å². The van der Waals surface area contributed by atoms with Gasteiger partial charge in [0.05, 0.1) is 0 Å². The van der Waals surface area contributed by atoms with E-state index < -0.39 is 17.4 Å². The van der Waals surface area contributed by atoms with Crippen LogP contribution in [0, 0.1) is 0 Å². The number of benzene rings is 1. The highest BCUT2D eigenvalue weighted by molar-refractivity contribution is 6.04. The van der Waals surface area contributed by atoms with Gasteiger partial charge in [-0.25, -0.2) is 0 Å². The molecule has 1 atom stereocenters. The zero-order valence-corrected chi connectivity index (χ0v) is 24.4. The highest BCUT2D eigenvalue weighted by Crippen LogP contribution is 2.45. The van der Waals surface area contributed by atoms with Crippen molar-refractivity contribution in [2.24, 2.45) is 0 Å². The lowest BCUT2D eigenvalue weighted by Gasteiger charge is -2.31. The van der Waals surface area contributed by atoms with Crippen LogP contribution in [0.1, 0.15) is 154 Å². The molecule has 0 aliphatic rings. The van der Waals surface area contributed by atoms with Gasteiger partial charge in [-0.3, -0.25) is 9.59 Å². The van der Waals surface area contributed by atoms with Crippen molar-refractivity contribution in [2.75, 3.05) is 5.32 Å². The maximum atomic E-state index is 13.6. The smallest absolute Gasteiger partial charge is 0.325 e. The molecule has 0 fully saturated rings. The number of carboxylic acids is 1. The minimum absolute atomic E-state index is 0.0355. The first-order valence-corrected chi connectivity index (χ1v) is 14.1. The van der Waals surface area contributed by atoms with E-state index in [0.29, 0.717) is 28.8 Å². The van der Waals surface area contributed by atoms with Crippen molar-refractivity contribution in [3.8, 4) is 5.75 Å². The molecule has 0 spiro atoms. The van der Waals surface area contributed by atoms with Gasteiger partial charge in [-0.1, -0.05) is 113 Å². The first-order chi connectivity index (χ1) is 16.7. The third-order valence-corrected chi connectivity index (χ3v) is 6.89. The number of anilines is 1. The van der Waals surface area contributed by atoms with Gasteiger partial charge in [0.15, 0.2) is 5.78 Å². The Morgan fingerprint density at radius 1 is 0.833 bits per heavy atom. The Morgan fingerprint density at radius 2 is 1.31 bits per heavy atom. The minimum atomic E-state index is -0.985. The molecule has 0 aliphatic carbocycles. The molecule has 0 saturated heterocycles. The van der Waals surface area contributed by atoms with E-state index >= 15 is 0 Å². The van der Waals surface area contributed by atoms with Crippen LogP contribution in [0.5, 0.6) is 5.75 Å². The molecule has 0 heterocycles. The van der Waals surface area contributed by atoms with Gasteiger partial charge in [0.1, 0.15) is 11.8 Å². The van der Waals surface area contributed by atoms with Gasteiger partial charge in [-0.05, 0) is 30.2 Å². The molecule has 5 heteroatoms. The zero-order valence-electron chi connectivity index (χ0n) is 24.4. The first-order valence-electron chi connectivity index (χ1n) is 14.1. The van der Waals surface area contributed by atoms with E-state index in [1.807, 2.05) is 41.5 Å². The number of carbonyl (C=O) groups is 2. The van der Waals surface area contributed by atoms with Gasteiger partial charge in [0.25, 0.3) is 0 Å². The summed E-state index contributed by atoms with van der Waals surface area (Å²) in [6.07, 6.45) is 13.7. The molecule has 1 aromatic rings. The van der Waals surface area contributed by atoms with Crippen LogP contribution in [0.15, 0.2) is 6.07 Å². The van der Waals surface area contributed by atoms with Crippen molar-refractivity contribution >= 4 is 17.4 Å². The maximum absolute atomic E-state index is 13.6. The highest BCUT2D eigenvalue weighted by atomic mass is 16.4. The number of unbranched alkanes of at least 4 members (excludes halogenated alkanes) is 10. The molecule has 5 nitrogen and oxygen atoms in total. The van der Waals surface area contributed by atoms with Crippen molar-refractivity contribution in [1.82, 2.24) is 0 Å². The molecule has 36 heavy (non-hydrogen) atoms. The molecule has 3 N–H and O–H groups in total. The molecule has 1 aromatic carbocycles. The van der Waals surface area contributed by atoms with Gasteiger partial charge in [-0.15, -0.1) is 0 Å². The summed E-state index contributed by atoms with van der Waals surface area (Å²) in [6.45, 7) is 15.8. The lowest BCUT2D eigenvalue weighted by Crippen LogP contribution is -2.29. The summed E-state index contributed by atoms with van der Waals surface area (Å²) in [6, 6.07) is 0.918. The van der Waals surface area contributed by atoms with Crippen molar-refractivity contribution in [3.63, 3.8) is 0 Å². The monoisotopic (exact) mass is 503 g/mol. The predicted molar refractivity (Wildman–Crippen MR) is 152 cm³/mol. The zero-order chi connectivity index (χ0) is 27.5. The molecule has 0 radical (unpaired) electrons. The van der Waals surface area contributed by atoms with Crippen molar-refractivity contribution < 1.29 is 19.8 Å². The summed E-state index contributed by atoms with van der Waals surface area (Å²) < 4.78 is 0. The lowest BCUT2D eigenvalue weighted by molar-refractivity contribution is -0.137. The number of Topliss-reactive ketones (excluding diaryl/α,β-unsaturated/α-hetero) is 1. The lowest BCUT2D eigenvalue weighted by atomic mass is 9.75. The molecule has 0 aromatic heterocycles. The number of aliphatic carboxylic acids is 1. The fourth-order valence-electron chi connectivity index (χ4n) is 4.75. The van der Waals surface area contributed by atoms with E-state index in [-0.39, 0.29) is 16.9 Å². The maximum Gasteiger partial charge on any atom is 0.325 e. The second-order valence-electron chi connectivity index (χ2n) is 12.5. The summed E-state index contributed by atoms with van der Waals surface area (Å²) in [5.41, 5.74) is 1.39. The summed E-state index contributed by atoms with van der Waals surface area (Å²) in [5, 5.41) is 23.9. The Kier molecular flexibility index (Phi) is 13.0. The quantitative estimate of drug-likeness (QED) is 0.119. The Morgan fingerprint density at radius 3 is 1.72 bits per heavy atom. The second-order valence-corrected chi connectivity index (χ2v) is 12.5. The number of aromatic hydroxyl groups is 1. The molecule has 0 amide bonds. The van der Waals surface area contributed by atoms with E-state index in [4.69, 9.17) is 0 Å². The summed E-state index contributed by atoms with van der Waals surface area (Å²) in [5.74, 6) is -0.876. The van der Waals surface area contributed by atoms with Crippen LogP contribution >= 0.6 is 0 Å². The standard InChI is InChI=1S/C31H53NO4/c1-9-10-11-12-13-14-15-16-17-18-19-20-25(33)26-24(32-22(2)29(35)36)21-23(30(3,4)5)28(34)27(26)31(6,7)8/h21-22,32,34H,9-20H2,1-8H3,(H,35,36). The van der Waals surface area contributed by atoms with Crippen LogP contribution in [-0.4, -0.2) is 28.0 Å². The highest BCUT2D eigenvalue weighted by Gasteiger charge is 2.33. The van der Waals surface area contributed by atoms with Crippen LogP contribution in [0.25, 0.3) is 0 Å². The molecule has 0 bridgehead atoms. The number of phenols is 1. The van der Waals surface area contributed by atoms with E-state index in [1.165, 1.54) is 51.4 Å². The minimum Gasteiger partial charge on any atom is -0.507 e. The van der Waals surface area contributed by atoms with Crippen molar-refractivity contribution in [2.45, 2.75) is 149 Å². The van der Waals surface area contributed by atoms with E-state index in [9.17, 15) is 19.8 Å². The van der Waals surface area contributed by atoms with Gasteiger partial charge >= 0.3 is 5.97 Å². The van der Waals surface area contributed by atoms with Crippen molar-refractivity contribution in [3.05, 3.63) is 22.8 Å². The van der Waals surface area contributed by atoms with Crippen LogP contribution in [0.3, 0.4) is 0 Å². The fraction of sp³-hybridized carbons (Fsp3) is 0.742. The SMILES string of the molecule is CCCCCCCCCCCCCC(=O)c1c(NC(C)C(=O)O)cc(C(C)(C)C)c(O)c1C(C)(C)C. The van der Waals surface area contributed by atoms with Crippen LogP contribution < -0.4 is 5.32 Å². The molecule has 0 saturated carbocycles. The molecule has 1 unspecified atom stereocenters. The van der Waals surface area contributed by atoms with Crippen LogP contribution in [-0.2, 0) is 15.6 Å². The molecule has 1 rings (SSSR count). The molecule has 0 aliphatic heterocycles. The van der Waals surface area contributed by atoms with Gasteiger partial charge in [-0.2, -0.15) is 0 Å². The second kappa shape index (κ2) is 14.6. The topological polar surface area (TPSA) is 86.6 Å². The third kappa shape index (κ3) is 10.1. The Hall–Kier alpha value is -2.04. The number of rotatable bonds is 16. The largest absolute Gasteiger partial charge is 0.507 e. The number of ketones is 1. The first kappa shape index (κ1) is 32.0. The molecular formula is C31H53NO4. The summed E-state index contributed by atoms with van der Waals surface area (Å²) >= 11 is 0. The molecule has 206 valence electrons. The number of nitrogens with one attached hydrogen (secondary N) is 1. The molecular weight excluding hydrogens is 450 g/mol. The normalized spacial score (nSPS) is 13.0. The van der Waals surface area contributed by atoms with Crippen LogP contribution in [0.2, 0.25) is 0 Å². The van der Waals surface area contributed by atoms with Crippen molar-refractivity contribution in [1.29, 1.82) is 0 Å². The predicted octanol–water partition coefficient (Wildman–Crippen LogP) is 8.76. The Balaban J connectivity index is 3.00. The number of hydrogen-bond acceptors (Lipinski definition) is 4. The van der Waals surface area contributed by atoms with E-state index in [1.54, 1.807) is 13.0 Å². The number of phenolic OH excluding ortho intramolecular Hbond substituents is 1.